The van der Waals surface area contributed by atoms with Crippen LogP contribution in [-0.2, 0) is 0 Å². The molecule has 1 aromatic carbocycles. The van der Waals surface area contributed by atoms with Crippen molar-refractivity contribution in [1.82, 2.24) is 5.32 Å². The second-order valence-corrected chi connectivity index (χ2v) is 4.35. The molecule has 0 saturated carbocycles. The molecule has 0 radical (unpaired) electrons. The predicted octanol–water partition coefficient (Wildman–Crippen LogP) is 3.02. The first-order valence-corrected chi connectivity index (χ1v) is 6.21. The number of nitrogens with zero attached hydrogens (tertiary/aromatic N) is 1. The zero-order valence-corrected chi connectivity index (χ0v) is 11.2. The predicted molar refractivity (Wildman–Crippen MR) is 71.4 cm³/mol. The number of benzene rings is 1. The minimum Gasteiger partial charge on any atom is -0.483 e. The number of nitro benzene ring substituents is 1. The molecule has 0 aliphatic heterocycles. The Morgan fingerprint density at radius 2 is 2.28 bits per heavy atom. The Morgan fingerprint density at radius 1 is 1.56 bits per heavy atom. The summed E-state index contributed by atoms with van der Waals surface area (Å²) >= 11 is 5.84. The van der Waals surface area contributed by atoms with Crippen molar-refractivity contribution >= 4 is 17.3 Å². The lowest BCUT2D eigenvalue weighted by Gasteiger charge is -2.17. The van der Waals surface area contributed by atoms with Crippen LogP contribution in [0.4, 0.5) is 5.69 Å². The number of nitrogens with one attached hydrogen (secondary N) is 1. The summed E-state index contributed by atoms with van der Waals surface area (Å²) in [5, 5.41) is 14.3. The third-order valence-electron chi connectivity index (χ3n) is 2.58. The maximum absolute atomic E-state index is 10.9. The molecule has 0 saturated heterocycles. The lowest BCUT2D eigenvalue weighted by Crippen LogP contribution is -2.22. The van der Waals surface area contributed by atoms with Crippen LogP contribution in [-0.4, -0.2) is 24.6 Å². The summed E-state index contributed by atoms with van der Waals surface area (Å²) in [7, 11) is 1.86. The maximum Gasteiger partial charge on any atom is 0.311 e. The normalized spacial score (nSPS) is 12.2. The Morgan fingerprint density at radius 3 is 2.83 bits per heavy atom. The minimum atomic E-state index is -0.462. The van der Waals surface area contributed by atoms with Gasteiger partial charge < -0.3 is 10.1 Å². The molecule has 6 heteroatoms. The van der Waals surface area contributed by atoms with E-state index in [1.807, 2.05) is 14.0 Å². The highest BCUT2D eigenvalue weighted by Gasteiger charge is 2.18. The molecule has 0 fully saturated rings. The Hall–Kier alpha value is -1.33. The number of rotatable bonds is 7. The van der Waals surface area contributed by atoms with Gasteiger partial charge >= 0.3 is 5.69 Å². The van der Waals surface area contributed by atoms with Gasteiger partial charge in [0.25, 0.3) is 0 Å². The number of hydrogen-bond donors (Lipinski definition) is 1. The minimum absolute atomic E-state index is 0.0534. The SMILES string of the molecule is CCC(CCNC)Oc1cc(Cl)ccc1[N+](=O)[O-]. The van der Waals surface area contributed by atoms with Gasteiger partial charge in [-0.15, -0.1) is 0 Å². The van der Waals surface area contributed by atoms with E-state index in [2.05, 4.69) is 5.32 Å². The number of nitro groups is 1. The topological polar surface area (TPSA) is 64.4 Å². The third kappa shape index (κ3) is 4.16. The molecular weight excluding hydrogens is 256 g/mol. The molecule has 0 amide bonds. The number of ether oxygens (including phenoxy) is 1. The van der Waals surface area contributed by atoms with Crippen molar-refractivity contribution in [2.24, 2.45) is 0 Å². The molecule has 1 unspecified atom stereocenters. The average molecular weight is 273 g/mol. The number of hydrogen-bond acceptors (Lipinski definition) is 4. The lowest BCUT2D eigenvalue weighted by molar-refractivity contribution is -0.386. The van der Waals surface area contributed by atoms with Crippen molar-refractivity contribution in [2.45, 2.75) is 25.9 Å². The van der Waals surface area contributed by atoms with Gasteiger partial charge in [0.05, 0.1) is 4.92 Å². The monoisotopic (exact) mass is 272 g/mol. The molecule has 0 aliphatic carbocycles. The smallest absolute Gasteiger partial charge is 0.311 e. The molecule has 0 aromatic heterocycles. The Balaban J connectivity index is 2.86. The second-order valence-electron chi connectivity index (χ2n) is 3.91. The van der Waals surface area contributed by atoms with Crippen molar-refractivity contribution in [3.63, 3.8) is 0 Å². The molecule has 1 N–H and O–H groups in total. The highest BCUT2D eigenvalue weighted by atomic mass is 35.5. The van der Waals surface area contributed by atoms with E-state index in [0.29, 0.717) is 5.02 Å². The van der Waals surface area contributed by atoms with Gasteiger partial charge in [0.15, 0.2) is 5.75 Å². The van der Waals surface area contributed by atoms with Crippen LogP contribution >= 0.6 is 11.6 Å². The van der Waals surface area contributed by atoms with E-state index in [4.69, 9.17) is 16.3 Å². The third-order valence-corrected chi connectivity index (χ3v) is 2.82. The fourth-order valence-electron chi connectivity index (χ4n) is 1.56. The Labute approximate surface area is 111 Å². The lowest BCUT2D eigenvalue weighted by atomic mass is 10.2. The molecule has 100 valence electrons. The van der Waals surface area contributed by atoms with E-state index in [-0.39, 0.29) is 17.5 Å². The average Bonchev–Trinajstić information content (AvgIpc) is 2.34. The standard InChI is InChI=1S/C12H17ClN2O3/c1-3-10(6-7-14-2)18-12-8-9(13)4-5-11(12)15(16)17/h4-5,8,10,14H,3,6-7H2,1-2H3. The molecule has 1 rings (SSSR count). The van der Waals surface area contributed by atoms with Gasteiger partial charge in [0, 0.05) is 17.2 Å². The van der Waals surface area contributed by atoms with Crippen molar-refractivity contribution in [2.75, 3.05) is 13.6 Å². The van der Waals surface area contributed by atoms with E-state index < -0.39 is 4.92 Å². The van der Waals surface area contributed by atoms with Crippen molar-refractivity contribution < 1.29 is 9.66 Å². The highest BCUT2D eigenvalue weighted by molar-refractivity contribution is 6.30. The van der Waals surface area contributed by atoms with Crippen LogP contribution in [0.25, 0.3) is 0 Å². The second kappa shape index (κ2) is 7.18. The molecule has 18 heavy (non-hydrogen) atoms. The molecule has 0 aliphatic rings. The Kier molecular flexibility index (Phi) is 5.88. The van der Waals surface area contributed by atoms with Gasteiger partial charge in [-0.3, -0.25) is 10.1 Å². The summed E-state index contributed by atoms with van der Waals surface area (Å²) in [6.07, 6.45) is 1.51. The fourth-order valence-corrected chi connectivity index (χ4v) is 1.73. The molecule has 1 aromatic rings. The van der Waals surface area contributed by atoms with Crippen LogP contribution in [0, 0.1) is 10.1 Å². The highest BCUT2D eigenvalue weighted by Crippen LogP contribution is 2.31. The van der Waals surface area contributed by atoms with E-state index in [1.54, 1.807) is 0 Å². The van der Waals surface area contributed by atoms with E-state index in [0.717, 1.165) is 19.4 Å². The summed E-state index contributed by atoms with van der Waals surface area (Å²) in [6.45, 7) is 2.78. The van der Waals surface area contributed by atoms with Gasteiger partial charge in [0.2, 0.25) is 0 Å². The summed E-state index contributed by atoms with van der Waals surface area (Å²) in [5.74, 6) is 0.232. The first-order valence-electron chi connectivity index (χ1n) is 5.83. The van der Waals surface area contributed by atoms with Crippen LogP contribution in [0.3, 0.4) is 0 Å². The largest absolute Gasteiger partial charge is 0.483 e. The van der Waals surface area contributed by atoms with Crippen LogP contribution in [0.2, 0.25) is 5.02 Å². The molecule has 0 spiro atoms. The first-order chi connectivity index (χ1) is 8.58. The summed E-state index contributed by atoms with van der Waals surface area (Å²) in [6, 6.07) is 4.34. The molecule has 0 bridgehead atoms. The van der Waals surface area contributed by atoms with Crippen LogP contribution < -0.4 is 10.1 Å². The van der Waals surface area contributed by atoms with Gasteiger partial charge in [-0.25, -0.2) is 0 Å². The van der Waals surface area contributed by atoms with Crippen molar-refractivity contribution in [3.05, 3.63) is 33.3 Å². The van der Waals surface area contributed by atoms with Gasteiger partial charge in [-0.05, 0) is 32.5 Å². The van der Waals surface area contributed by atoms with Gasteiger partial charge in [0.1, 0.15) is 6.10 Å². The molecular formula is C12H17ClN2O3. The zero-order valence-electron chi connectivity index (χ0n) is 10.5. The molecule has 0 heterocycles. The van der Waals surface area contributed by atoms with Crippen LogP contribution in [0.15, 0.2) is 18.2 Å². The summed E-state index contributed by atoms with van der Waals surface area (Å²) in [4.78, 5) is 10.4. The quantitative estimate of drug-likeness (QED) is 0.612. The van der Waals surface area contributed by atoms with Gasteiger partial charge in [-0.2, -0.15) is 0 Å². The van der Waals surface area contributed by atoms with Crippen LogP contribution in [0.1, 0.15) is 19.8 Å². The molecule has 5 nitrogen and oxygen atoms in total. The Bertz CT molecular complexity index is 412. The fraction of sp³-hybridized carbons (Fsp3) is 0.500. The first kappa shape index (κ1) is 14.7. The van der Waals surface area contributed by atoms with E-state index >= 15 is 0 Å². The summed E-state index contributed by atoms with van der Waals surface area (Å²) < 4.78 is 5.67. The van der Waals surface area contributed by atoms with Crippen molar-refractivity contribution in [3.8, 4) is 5.75 Å². The zero-order chi connectivity index (χ0) is 13.5. The van der Waals surface area contributed by atoms with Crippen molar-refractivity contribution in [1.29, 1.82) is 0 Å². The maximum atomic E-state index is 10.9. The van der Waals surface area contributed by atoms with E-state index in [1.165, 1.54) is 18.2 Å². The number of halogens is 1. The summed E-state index contributed by atoms with van der Waals surface area (Å²) in [5.41, 5.74) is -0.0534. The molecule has 1 atom stereocenters. The van der Waals surface area contributed by atoms with Gasteiger partial charge in [-0.1, -0.05) is 18.5 Å². The van der Waals surface area contributed by atoms with E-state index in [9.17, 15) is 10.1 Å². The van der Waals surface area contributed by atoms with Crippen LogP contribution in [0.5, 0.6) is 5.75 Å².